The molecule has 1 aromatic carbocycles. The molecule has 21 heavy (non-hydrogen) atoms. The van der Waals surface area contributed by atoms with E-state index in [1.807, 2.05) is 27.7 Å². The molecule has 0 aliphatic carbocycles. The zero-order chi connectivity index (χ0) is 16.1. The summed E-state index contributed by atoms with van der Waals surface area (Å²) in [4.78, 5) is 0.264. The Labute approximate surface area is 128 Å². The zero-order valence-electron chi connectivity index (χ0n) is 13.5. The van der Waals surface area contributed by atoms with E-state index in [-0.39, 0.29) is 10.3 Å². The fourth-order valence-corrected chi connectivity index (χ4v) is 3.05. The highest BCUT2D eigenvalue weighted by atomic mass is 32.2. The lowest BCUT2D eigenvalue weighted by Crippen LogP contribution is -2.32. The fourth-order valence-electron chi connectivity index (χ4n) is 1.71. The van der Waals surface area contributed by atoms with Crippen molar-refractivity contribution in [2.75, 3.05) is 20.2 Å². The molecule has 2 N–H and O–H groups in total. The highest BCUT2D eigenvalue weighted by Gasteiger charge is 2.19. The first-order chi connectivity index (χ1) is 9.69. The lowest BCUT2D eigenvalue weighted by molar-refractivity contribution is 0.405. The number of sulfonamides is 1. The monoisotopic (exact) mass is 314 g/mol. The van der Waals surface area contributed by atoms with Crippen LogP contribution in [-0.2, 0) is 16.6 Å². The Balaban J connectivity index is 3.01. The maximum atomic E-state index is 12.3. The molecule has 0 heterocycles. The second-order valence-corrected chi connectivity index (χ2v) is 7.91. The molecule has 0 bridgehead atoms. The van der Waals surface area contributed by atoms with Gasteiger partial charge in [-0.05, 0) is 30.2 Å². The highest BCUT2D eigenvalue weighted by Crippen LogP contribution is 2.23. The molecule has 0 radical (unpaired) electrons. The average Bonchev–Trinajstić information content (AvgIpc) is 2.42. The van der Waals surface area contributed by atoms with Crippen molar-refractivity contribution in [2.45, 2.75) is 39.1 Å². The summed E-state index contributed by atoms with van der Waals surface area (Å²) >= 11 is 0. The number of nitrogens with one attached hydrogen (secondary N) is 2. The first kappa shape index (κ1) is 17.9. The molecule has 120 valence electrons. The van der Waals surface area contributed by atoms with E-state index >= 15 is 0 Å². The van der Waals surface area contributed by atoms with Gasteiger partial charge in [0.15, 0.2) is 0 Å². The van der Waals surface area contributed by atoms with E-state index in [2.05, 4.69) is 10.0 Å². The number of benzene rings is 1. The van der Waals surface area contributed by atoms with E-state index < -0.39 is 10.0 Å². The topological polar surface area (TPSA) is 67.4 Å². The van der Waals surface area contributed by atoms with Crippen LogP contribution in [0.25, 0.3) is 0 Å². The molecular formula is C15H26N2O3S. The summed E-state index contributed by atoms with van der Waals surface area (Å²) in [5.41, 5.74) is 0.726. The molecule has 0 fully saturated rings. The van der Waals surface area contributed by atoms with Gasteiger partial charge in [-0.15, -0.1) is 0 Å². The van der Waals surface area contributed by atoms with E-state index in [4.69, 9.17) is 4.74 Å². The smallest absolute Gasteiger partial charge is 0.240 e. The van der Waals surface area contributed by atoms with Gasteiger partial charge in [-0.25, -0.2) is 13.1 Å². The normalized spacial score (nSPS) is 12.4. The SMILES string of the molecule is CCNCc1cc(S(=O)(=O)NCC(C)(C)C)ccc1OC. The van der Waals surface area contributed by atoms with E-state index in [0.29, 0.717) is 18.8 Å². The van der Waals surface area contributed by atoms with Crippen molar-refractivity contribution >= 4 is 10.0 Å². The highest BCUT2D eigenvalue weighted by molar-refractivity contribution is 7.89. The van der Waals surface area contributed by atoms with Crippen molar-refractivity contribution in [1.82, 2.24) is 10.0 Å². The second-order valence-electron chi connectivity index (χ2n) is 6.14. The summed E-state index contributed by atoms with van der Waals surface area (Å²) in [5, 5.41) is 3.18. The van der Waals surface area contributed by atoms with E-state index in [1.165, 1.54) is 0 Å². The molecule has 0 aliphatic rings. The predicted octanol–water partition coefficient (Wildman–Crippen LogP) is 2.13. The van der Waals surface area contributed by atoms with Gasteiger partial charge in [0.2, 0.25) is 10.0 Å². The van der Waals surface area contributed by atoms with Crippen molar-refractivity contribution in [3.63, 3.8) is 0 Å². The van der Waals surface area contributed by atoms with Crippen molar-refractivity contribution in [3.8, 4) is 5.75 Å². The summed E-state index contributed by atoms with van der Waals surface area (Å²) in [6, 6.07) is 4.92. The largest absolute Gasteiger partial charge is 0.496 e. The van der Waals surface area contributed by atoms with Crippen LogP contribution in [0.5, 0.6) is 5.75 Å². The number of rotatable bonds is 7. The maximum absolute atomic E-state index is 12.3. The van der Waals surface area contributed by atoms with Gasteiger partial charge in [0.1, 0.15) is 5.75 Å². The standard InChI is InChI=1S/C15H26N2O3S/c1-6-16-10-12-9-13(7-8-14(12)20-5)21(18,19)17-11-15(2,3)4/h7-9,16-17H,6,10-11H2,1-5H3. The van der Waals surface area contributed by atoms with Gasteiger partial charge in [0.25, 0.3) is 0 Å². The summed E-state index contributed by atoms with van der Waals surface area (Å²) in [6.45, 7) is 9.73. The van der Waals surface area contributed by atoms with Gasteiger partial charge in [-0.3, -0.25) is 0 Å². The van der Waals surface area contributed by atoms with Crippen molar-refractivity contribution in [2.24, 2.45) is 5.41 Å². The molecular weight excluding hydrogens is 288 g/mol. The Morgan fingerprint density at radius 3 is 2.43 bits per heavy atom. The third-order valence-corrected chi connectivity index (χ3v) is 4.32. The molecule has 0 unspecified atom stereocenters. The summed E-state index contributed by atoms with van der Waals surface area (Å²) in [7, 11) is -1.92. The molecule has 1 rings (SSSR count). The zero-order valence-corrected chi connectivity index (χ0v) is 14.3. The molecule has 0 saturated heterocycles. The minimum absolute atomic E-state index is 0.105. The van der Waals surface area contributed by atoms with Crippen molar-refractivity contribution < 1.29 is 13.2 Å². The minimum atomic E-state index is -3.50. The van der Waals surface area contributed by atoms with Crippen LogP contribution in [0.3, 0.4) is 0 Å². The molecule has 6 heteroatoms. The molecule has 0 spiro atoms. The van der Waals surface area contributed by atoms with Crippen LogP contribution in [0.4, 0.5) is 0 Å². The van der Waals surface area contributed by atoms with Crippen LogP contribution < -0.4 is 14.8 Å². The quantitative estimate of drug-likeness (QED) is 0.809. The molecule has 0 atom stereocenters. The van der Waals surface area contributed by atoms with Crippen LogP contribution in [-0.4, -0.2) is 28.6 Å². The Morgan fingerprint density at radius 1 is 1.24 bits per heavy atom. The molecule has 0 aromatic heterocycles. The van der Waals surface area contributed by atoms with Gasteiger partial charge in [0.05, 0.1) is 12.0 Å². The van der Waals surface area contributed by atoms with Crippen molar-refractivity contribution in [1.29, 1.82) is 0 Å². The van der Waals surface area contributed by atoms with E-state index in [1.54, 1.807) is 25.3 Å². The lowest BCUT2D eigenvalue weighted by atomic mass is 9.98. The van der Waals surface area contributed by atoms with E-state index in [9.17, 15) is 8.42 Å². The Hall–Kier alpha value is -1.11. The molecule has 0 aliphatic heterocycles. The van der Waals surface area contributed by atoms with Crippen LogP contribution in [0.1, 0.15) is 33.3 Å². The van der Waals surface area contributed by atoms with Gasteiger partial charge in [-0.2, -0.15) is 0 Å². The lowest BCUT2D eigenvalue weighted by Gasteiger charge is -2.19. The number of ether oxygens (including phenoxy) is 1. The third kappa shape index (κ3) is 5.65. The van der Waals surface area contributed by atoms with Crippen LogP contribution >= 0.6 is 0 Å². The van der Waals surface area contributed by atoms with Crippen LogP contribution in [0.15, 0.2) is 23.1 Å². The van der Waals surface area contributed by atoms with Crippen molar-refractivity contribution in [3.05, 3.63) is 23.8 Å². The number of methoxy groups -OCH3 is 1. The van der Waals surface area contributed by atoms with Gasteiger partial charge in [-0.1, -0.05) is 27.7 Å². The Bertz CT molecular complexity index is 563. The molecule has 1 aromatic rings. The van der Waals surface area contributed by atoms with Gasteiger partial charge in [0, 0.05) is 18.7 Å². The average molecular weight is 314 g/mol. The number of hydrogen-bond acceptors (Lipinski definition) is 4. The fraction of sp³-hybridized carbons (Fsp3) is 0.600. The number of hydrogen-bond donors (Lipinski definition) is 2. The van der Waals surface area contributed by atoms with E-state index in [0.717, 1.165) is 12.1 Å². The summed E-state index contributed by atoms with van der Waals surface area (Å²) < 4.78 is 32.6. The summed E-state index contributed by atoms with van der Waals surface area (Å²) in [5.74, 6) is 0.686. The molecule has 0 amide bonds. The van der Waals surface area contributed by atoms with Gasteiger partial charge < -0.3 is 10.1 Å². The maximum Gasteiger partial charge on any atom is 0.240 e. The summed E-state index contributed by atoms with van der Waals surface area (Å²) in [6.07, 6.45) is 0. The first-order valence-electron chi connectivity index (χ1n) is 7.07. The van der Waals surface area contributed by atoms with Crippen LogP contribution in [0, 0.1) is 5.41 Å². The minimum Gasteiger partial charge on any atom is -0.496 e. The van der Waals surface area contributed by atoms with Crippen LogP contribution in [0.2, 0.25) is 0 Å². The Morgan fingerprint density at radius 2 is 1.90 bits per heavy atom. The third-order valence-electron chi connectivity index (χ3n) is 2.92. The second kappa shape index (κ2) is 7.24. The van der Waals surface area contributed by atoms with Gasteiger partial charge >= 0.3 is 0 Å². The Kier molecular flexibility index (Phi) is 6.19. The predicted molar refractivity (Wildman–Crippen MR) is 85.0 cm³/mol. The molecule has 5 nitrogen and oxygen atoms in total. The first-order valence-corrected chi connectivity index (χ1v) is 8.55. The molecule has 0 saturated carbocycles.